The van der Waals surface area contributed by atoms with Gasteiger partial charge in [-0.1, -0.05) is 19.1 Å². The van der Waals surface area contributed by atoms with Gasteiger partial charge in [0.15, 0.2) is 0 Å². The van der Waals surface area contributed by atoms with E-state index in [4.69, 9.17) is 5.73 Å². The lowest BCUT2D eigenvalue weighted by Crippen LogP contribution is -2.30. The lowest BCUT2D eigenvalue weighted by Gasteiger charge is -2.17. The maximum Gasteiger partial charge on any atom is 0.251 e. The monoisotopic (exact) mass is 351 g/mol. The first-order valence-corrected chi connectivity index (χ1v) is 8.48. The average Bonchev–Trinajstić information content (AvgIpc) is 3.15. The largest absolute Gasteiger partial charge is 0.382 e. The van der Waals surface area contributed by atoms with Crippen LogP contribution in [0, 0.1) is 0 Å². The first-order chi connectivity index (χ1) is 12.6. The molecule has 0 aliphatic carbocycles. The van der Waals surface area contributed by atoms with Crippen molar-refractivity contribution < 1.29 is 4.79 Å². The number of anilines is 1. The molecule has 1 amide bonds. The molecule has 26 heavy (non-hydrogen) atoms. The third kappa shape index (κ3) is 3.69. The molecule has 8 heteroatoms. The Morgan fingerprint density at radius 3 is 2.77 bits per heavy atom. The Balaban J connectivity index is 1.81. The predicted molar refractivity (Wildman–Crippen MR) is 98.1 cm³/mol. The zero-order valence-electron chi connectivity index (χ0n) is 14.8. The Bertz CT molecular complexity index is 889. The summed E-state index contributed by atoms with van der Waals surface area (Å²) in [6.07, 6.45) is 5.30. The van der Waals surface area contributed by atoms with Crippen LogP contribution in [-0.4, -0.2) is 30.6 Å². The number of nitrogen functional groups attached to an aromatic ring is 1. The van der Waals surface area contributed by atoms with Crippen LogP contribution in [0.1, 0.15) is 42.5 Å². The van der Waals surface area contributed by atoms with E-state index >= 15 is 0 Å². The van der Waals surface area contributed by atoms with E-state index in [0.717, 1.165) is 11.4 Å². The molecule has 1 unspecified atom stereocenters. The maximum absolute atomic E-state index is 12.7. The van der Waals surface area contributed by atoms with Gasteiger partial charge in [-0.05, 0) is 25.5 Å². The molecule has 134 valence electrons. The minimum atomic E-state index is -0.204. The van der Waals surface area contributed by atoms with E-state index in [0.29, 0.717) is 30.0 Å². The van der Waals surface area contributed by atoms with E-state index < -0.39 is 0 Å². The van der Waals surface area contributed by atoms with Crippen LogP contribution >= 0.6 is 0 Å². The van der Waals surface area contributed by atoms with E-state index in [2.05, 4.69) is 25.4 Å². The highest BCUT2D eigenvalue weighted by atomic mass is 16.1. The Morgan fingerprint density at radius 1 is 1.23 bits per heavy atom. The molecule has 8 nitrogen and oxygen atoms in total. The molecular weight excluding hydrogens is 330 g/mol. The van der Waals surface area contributed by atoms with Crippen molar-refractivity contribution in [2.75, 3.05) is 5.73 Å². The summed E-state index contributed by atoms with van der Waals surface area (Å²) >= 11 is 0. The van der Waals surface area contributed by atoms with Crippen LogP contribution in [-0.2, 0) is 6.54 Å². The molecule has 0 aliphatic heterocycles. The highest BCUT2D eigenvalue weighted by molar-refractivity contribution is 5.95. The molecule has 0 saturated carbocycles. The zero-order chi connectivity index (χ0) is 18.5. The summed E-state index contributed by atoms with van der Waals surface area (Å²) in [4.78, 5) is 25.3. The number of aryl methyl sites for hydroxylation is 1. The van der Waals surface area contributed by atoms with Gasteiger partial charge in [0.2, 0.25) is 0 Å². The number of rotatable bonds is 6. The van der Waals surface area contributed by atoms with Crippen LogP contribution in [0.2, 0.25) is 0 Å². The Kier molecular flexibility index (Phi) is 5.21. The number of carbonyl (C=O) groups excluding carboxylic acids is 1. The molecule has 0 radical (unpaired) electrons. The van der Waals surface area contributed by atoms with Crippen LogP contribution in [0.15, 0.2) is 43.0 Å². The van der Waals surface area contributed by atoms with Crippen molar-refractivity contribution in [3.8, 4) is 11.3 Å². The van der Waals surface area contributed by atoms with Gasteiger partial charge in [0.05, 0.1) is 24.1 Å². The molecule has 2 heterocycles. The van der Waals surface area contributed by atoms with Gasteiger partial charge < -0.3 is 11.1 Å². The quantitative estimate of drug-likeness (QED) is 0.704. The molecule has 0 bridgehead atoms. The number of nitrogens with one attached hydrogen (secondary N) is 1. The van der Waals surface area contributed by atoms with Crippen LogP contribution in [0.3, 0.4) is 0 Å². The summed E-state index contributed by atoms with van der Waals surface area (Å²) < 4.78 is 1.79. The van der Waals surface area contributed by atoms with Crippen LogP contribution in [0.4, 0.5) is 5.82 Å². The number of benzene rings is 1. The summed E-state index contributed by atoms with van der Waals surface area (Å²) in [7, 11) is 0. The van der Waals surface area contributed by atoms with Crippen molar-refractivity contribution >= 4 is 11.7 Å². The van der Waals surface area contributed by atoms with E-state index in [1.807, 2.05) is 26.0 Å². The van der Waals surface area contributed by atoms with Crippen molar-refractivity contribution in [1.29, 1.82) is 0 Å². The summed E-state index contributed by atoms with van der Waals surface area (Å²) in [5.74, 6) is 0.935. The van der Waals surface area contributed by atoms with Gasteiger partial charge in [-0.25, -0.2) is 14.6 Å². The van der Waals surface area contributed by atoms with Gasteiger partial charge in [0, 0.05) is 17.7 Å². The van der Waals surface area contributed by atoms with Gasteiger partial charge in [0.25, 0.3) is 5.91 Å². The second-order valence-electron chi connectivity index (χ2n) is 5.78. The first-order valence-electron chi connectivity index (χ1n) is 8.48. The molecule has 0 fully saturated rings. The lowest BCUT2D eigenvalue weighted by atomic mass is 10.1. The van der Waals surface area contributed by atoms with Gasteiger partial charge in [0.1, 0.15) is 18.0 Å². The third-order valence-corrected chi connectivity index (χ3v) is 4.06. The Morgan fingerprint density at radius 2 is 2.08 bits per heavy atom. The van der Waals surface area contributed by atoms with Crippen LogP contribution in [0.25, 0.3) is 11.3 Å². The van der Waals surface area contributed by atoms with Gasteiger partial charge in [-0.2, -0.15) is 5.10 Å². The van der Waals surface area contributed by atoms with Gasteiger partial charge in [-0.15, -0.1) is 0 Å². The van der Waals surface area contributed by atoms with Gasteiger partial charge >= 0.3 is 0 Å². The number of carbonyl (C=O) groups is 1. The number of nitrogens with two attached hydrogens (primary N) is 1. The average molecular weight is 351 g/mol. The van der Waals surface area contributed by atoms with E-state index in [9.17, 15) is 4.79 Å². The summed E-state index contributed by atoms with van der Waals surface area (Å²) in [6.45, 7) is 4.69. The van der Waals surface area contributed by atoms with Crippen molar-refractivity contribution in [2.45, 2.75) is 32.9 Å². The third-order valence-electron chi connectivity index (χ3n) is 4.06. The fraction of sp³-hybridized carbons (Fsp3) is 0.278. The minimum absolute atomic E-state index is 0.173. The first kappa shape index (κ1) is 17.5. The van der Waals surface area contributed by atoms with Crippen molar-refractivity contribution in [2.24, 2.45) is 0 Å². The fourth-order valence-corrected chi connectivity index (χ4v) is 2.68. The molecule has 0 aliphatic rings. The van der Waals surface area contributed by atoms with Gasteiger partial charge in [-0.3, -0.25) is 9.78 Å². The lowest BCUT2D eigenvalue weighted by molar-refractivity contribution is 0.0932. The van der Waals surface area contributed by atoms with E-state index in [1.165, 1.54) is 12.5 Å². The number of amides is 1. The maximum atomic E-state index is 12.7. The van der Waals surface area contributed by atoms with E-state index in [1.54, 1.807) is 23.0 Å². The second kappa shape index (κ2) is 7.73. The number of nitrogens with zero attached hydrogens (tertiary/aromatic N) is 5. The Hall–Kier alpha value is -3.29. The Labute approximate surface area is 151 Å². The summed E-state index contributed by atoms with van der Waals surface area (Å²) in [6, 6.07) is 7.04. The summed E-state index contributed by atoms with van der Waals surface area (Å²) in [5, 5.41) is 7.20. The summed E-state index contributed by atoms with van der Waals surface area (Å²) in [5.41, 5.74) is 7.58. The molecule has 3 rings (SSSR count). The molecule has 3 aromatic rings. The minimum Gasteiger partial charge on any atom is -0.382 e. The van der Waals surface area contributed by atoms with E-state index in [-0.39, 0.29) is 11.9 Å². The van der Waals surface area contributed by atoms with Crippen molar-refractivity contribution in [3.63, 3.8) is 0 Å². The molecule has 2 aromatic heterocycles. The highest BCUT2D eigenvalue weighted by Crippen LogP contribution is 2.19. The molecule has 3 N–H and O–H groups in total. The number of hydrogen-bond donors (Lipinski definition) is 2. The smallest absolute Gasteiger partial charge is 0.251 e. The number of aromatic nitrogens is 5. The fourth-order valence-electron chi connectivity index (χ4n) is 2.68. The van der Waals surface area contributed by atoms with Crippen molar-refractivity contribution in [1.82, 2.24) is 30.0 Å². The molecule has 1 atom stereocenters. The standard InChI is InChI=1S/C18H21N7O/c1-3-14(17-22-11-23-25(17)4-2)24-18(26)13-7-5-6-12(8-13)15-9-21-16(19)10-20-15/h5-11,14H,3-4H2,1-2H3,(H2,19,21)(H,24,26). The SMILES string of the molecule is CCC(NC(=O)c1cccc(-c2cnc(N)cn2)c1)c1ncnn1CC. The number of hydrogen-bond acceptors (Lipinski definition) is 6. The van der Waals surface area contributed by atoms with Crippen molar-refractivity contribution in [3.05, 3.63) is 54.4 Å². The topological polar surface area (TPSA) is 112 Å². The predicted octanol–water partition coefficient (Wildman–Crippen LogP) is 2.22. The van der Waals surface area contributed by atoms with Crippen LogP contribution in [0.5, 0.6) is 0 Å². The molecule has 0 saturated heterocycles. The normalized spacial score (nSPS) is 11.9. The second-order valence-corrected chi connectivity index (χ2v) is 5.78. The molecule has 0 spiro atoms. The highest BCUT2D eigenvalue weighted by Gasteiger charge is 2.19. The molecular formula is C18H21N7O. The van der Waals surface area contributed by atoms with Crippen LogP contribution < -0.4 is 11.1 Å². The molecule has 1 aromatic carbocycles. The zero-order valence-corrected chi connectivity index (χ0v) is 14.8.